The summed E-state index contributed by atoms with van der Waals surface area (Å²) in [5, 5.41) is 0. The van der Waals surface area contributed by atoms with Crippen LogP contribution in [0.15, 0.2) is 0 Å². The van der Waals surface area contributed by atoms with Gasteiger partial charge in [-0.05, 0) is 30.6 Å². The van der Waals surface area contributed by atoms with Crippen LogP contribution in [0.1, 0.15) is 40.0 Å². The molecule has 0 aromatic heterocycles. The smallest absolute Gasteiger partial charge is 0.139 e. The third-order valence-corrected chi connectivity index (χ3v) is 4.00. The summed E-state index contributed by atoms with van der Waals surface area (Å²) in [6, 6.07) is 0. The summed E-state index contributed by atoms with van der Waals surface area (Å²) in [5.74, 6) is 2.04. The van der Waals surface area contributed by atoms with Crippen molar-refractivity contribution in [3.05, 3.63) is 0 Å². The van der Waals surface area contributed by atoms with Gasteiger partial charge in [0.2, 0.25) is 0 Å². The average Bonchev–Trinajstić information content (AvgIpc) is 1.97. The molecule has 68 valence electrons. The third kappa shape index (κ3) is 0.949. The summed E-state index contributed by atoms with van der Waals surface area (Å²) in [6.45, 7) is 6.69. The molecule has 0 amide bonds. The van der Waals surface area contributed by atoms with Crippen molar-refractivity contribution >= 4 is 5.78 Å². The van der Waals surface area contributed by atoms with E-state index in [0.29, 0.717) is 29.0 Å². The minimum atomic E-state index is 0.349. The minimum Gasteiger partial charge on any atom is -0.299 e. The first-order chi connectivity index (χ1) is 5.52. The number of Topliss-reactive ketones (excluding diaryl/α,β-unsaturated/α-hetero) is 1. The maximum Gasteiger partial charge on any atom is 0.139 e. The molecule has 12 heavy (non-hydrogen) atoms. The fourth-order valence-electron chi connectivity index (χ4n) is 3.07. The van der Waals surface area contributed by atoms with Crippen molar-refractivity contribution in [2.24, 2.45) is 23.2 Å². The van der Waals surface area contributed by atoms with Gasteiger partial charge in [-0.25, -0.2) is 0 Å². The van der Waals surface area contributed by atoms with E-state index in [1.165, 1.54) is 6.42 Å². The highest BCUT2D eigenvalue weighted by Crippen LogP contribution is 2.56. The topological polar surface area (TPSA) is 17.1 Å². The first kappa shape index (κ1) is 8.28. The van der Waals surface area contributed by atoms with Crippen molar-refractivity contribution in [2.75, 3.05) is 0 Å². The summed E-state index contributed by atoms with van der Waals surface area (Å²) in [5.41, 5.74) is 0.459. The van der Waals surface area contributed by atoms with Gasteiger partial charge in [-0.3, -0.25) is 4.79 Å². The van der Waals surface area contributed by atoms with Crippen molar-refractivity contribution in [2.45, 2.75) is 40.0 Å². The van der Waals surface area contributed by atoms with Gasteiger partial charge < -0.3 is 0 Å². The van der Waals surface area contributed by atoms with Crippen molar-refractivity contribution in [3.8, 4) is 0 Å². The molecule has 0 heterocycles. The SMILES string of the molecule is C[C@H]1CC[C@@H]2[C@H](CC2(C)C)C1=O. The monoisotopic (exact) mass is 166 g/mol. The van der Waals surface area contributed by atoms with Crippen LogP contribution in [0.3, 0.4) is 0 Å². The van der Waals surface area contributed by atoms with Gasteiger partial charge in [-0.1, -0.05) is 20.8 Å². The Labute approximate surface area is 74.5 Å². The molecule has 0 N–H and O–H groups in total. The fraction of sp³-hybridized carbons (Fsp3) is 0.909. The predicted octanol–water partition coefficient (Wildman–Crippen LogP) is 2.65. The number of hydrogen-bond acceptors (Lipinski definition) is 1. The molecular formula is C11H18O. The Kier molecular flexibility index (Phi) is 1.61. The fourth-order valence-corrected chi connectivity index (χ4v) is 3.07. The van der Waals surface area contributed by atoms with Gasteiger partial charge in [-0.15, -0.1) is 0 Å². The van der Waals surface area contributed by atoms with E-state index in [-0.39, 0.29) is 0 Å². The van der Waals surface area contributed by atoms with Gasteiger partial charge in [-0.2, -0.15) is 0 Å². The van der Waals surface area contributed by atoms with Crippen molar-refractivity contribution in [1.82, 2.24) is 0 Å². The van der Waals surface area contributed by atoms with Crippen molar-refractivity contribution < 1.29 is 4.79 Å². The molecule has 0 aromatic rings. The van der Waals surface area contributed by atoms with E-state index in [1.807, 2.05) is 0 Å². The van der Waals surface area contributed by atoms with Gasteiger partial charge in [0, 0.05) is 11.8 Å². The summed E-state index contributed by atoms with van der Waals surface area (Å²) in [6.07, 6.45) is 3.55. The van der Waals surface area contributed by atoms with E-state index < -0.39 is 0 Å². The lowest BCUT2D eigenvalue weighted by molar-refractivity contribution is -0.147. The molecule has 1 nitrogen and oxygen atoms in total. The molecule has 0 spiro atoms. The van der Waals surface area contributed by atoms with Gasteiger partial charge in [0.15, 0.2) is 0 Å². The highest BCUT2D eigenvalue weighted by Gasteiger charge is 2.52. The Bertz CT molecular complexity index is 217. The lowest BCUT2D eigenvalue weighted by atomic mass is 9.49. The molecular weight excluding hydrogens is 148 g/mol. The summed E-state index contributed by atoms with van der Waals surface area (Å²) in [7, 11) is 0. The quantitative estimate of drug-likeness (QED) is 0.540. The summed E-state index contributed by atoms with van der Waals surface area (Å²) in [4.78, 5) is 11.7. The molecule has 2 fully saturated rings. The van der Waals surface area contributed by atoms with Gasteiger partial charge >= 0.3 is 0 Å². The molecule has 0 radical (unpaired) electrons. The van der Waals surface area contributed by atoms with Crippen LogP contribution in [0, 0.1) is 23.2 Å². The standard InChI is InChI=1S/C11H18O/c1-7-4-5-9-8(10(7)12)6-11(9,2)3/h7-9H,4-6H2,1-3H3/t7-,8-,9+/m0/s1. The van der Waals surface area contributed by atoms with Gasteiger partial charge in [0.25, 0.3) is 0 Å². The molecule has 2 saturated carbocycles. The van der Waals surface area contributed by atoms with Crippen LogP contribution in [0.5, 0.6) is 0 Å². The number of fused-ring (bicyclic) bond motifs is 1. The zero-order valence-corrected chi connectivity index (χ0v) is 8.26. The molecule has 3 atom stereocenters. The Balaban J connectivity index is 2.12. The molecule has 2 aliphatic carbocycles. The Morgan fingerprint density at radius 3 is 2.58 bits per heavy atom. The van der Waals surface area contributed by atoms with E-state index in [1.54, 1.807) is 0 Å². The van der Waals surface area contributed by atoms with Gasteiger partial charge in [0.05, 0.1) is 0 Å². The number of carbonyl (C=O) groups excluding carboxylic acids is 1. The normalized spacial score (nSPS) is 44.9. The van der Waals surface area contributed by atoms with Crippen LogP contribution < -0.4 is 0 Å². The molecule has 0 aromatic carbocycles. The molecule has 0 saturated heterocycles. The lowest BCUT2D eigenvalue weighted by Crippen LogP contribution is -2.51. The maximum atomic E-state index is 11.7. The molecule has 1 heteroatoms. The van der Waals surface area contributed by atoms with Crippen LogP contribution in [-0.2, 0) is 4.79 Å². The summed E-state index contributed by atoms with van der Waals surface area (Å²) < 4.78 is 0. The van der Waals surface area contributed by atoms with Gasteiger partial charge in [0.1, 0.15) is 5.78 Å². The number of ketones is 1. The molecule has 0 aliphatic heterocycles. The third-order valence-electron chi connectivity index (χ3n) is 4.00. The largest absolute Gasteiger partial charge is 0.299 e. The van der Waals surface area contributed by atoms with Crippen LogP contribution in [0.4, 0.5) is 0 Å². The van der Waals surface area contributed by atoms with E-state index in [9.17, 15) is 4.79 Å². The predicted molar refractivity (Wildman–Crippen MR) is 48.8 cm³/mol. The number of carbonyl (C=O) groups is 1. The number of rotatable bonds is 0. The number of hydrogen-bond donors (Lipinski definition) is 0. The molecule has 0 unspecified atom stereocenters. The highest BCUT2D eigenvalue weighted by molar-refractivity contribution is 5.85. The van der Waals surface area contributed by atoms with E-state index >= 15 is 0 Å². The first-order valence-corrected chi connectivity index (χ1v) is 5.06. The second-order valence-corrected chi connectivity index (χ2v) is 5.29. The first-order valence-electron chi connectivity index (χ1n) is 5.06. The highest BCUT2D eigenvalue weighted by atomic mass is 16.1. The maximum absolute atomic E-state index is 11.7. The van der Waals surface area contributed by atoms with Crippen LogP contribution in [-0.4, -0.2) is 5.78 Å². The molecule has 0 bridgehead atoms. The van der Waals surface area contributed by atoms with Crippen LogP contribution in [0.2, 0.25) is 0 Å². The van der Waals surface area contributed by atoms with Crippen molar-refractivity contribution in [3.63, 3.8) is 0 Å². The zero-order valence-electron chi connectivity index (χ0n) is 8.26. The second-order valence-electron chi connectivity index (χ2n) is 5.29. The minimum absolute atomic E-state index is 0.349. The zero-order chi connectivity index (χ0) is 8.93. The molecule has 2 aliphatic rings. The van der Waals surface area contributed by atoms with E-state index in [4.69, 9.17) is 0 Å². The van der Waals surface area contributed by atoms with E-state index in [2.05, 4.69) is 20.8 Å². The Morgan fingerprint density at radius 2 is 2.00 bits per heavy atom. The Morgan fingerprint density at radius 1 is 1.33 bits per heavy atom. The Hall–Kier alpha value is -0.330. The lowest BCUT2D eigenvalue weighted by Gasteiger charge is -2.54. The van der Waals surface area contributed by atoms with Crippen LogP contribution >= 0.6 is 0 Å². The molecule has 2 rings (SSSR count). The van der Waals surface area contributed by atoms with Crippen LogP contribution in [0.25, 0.3) is 0 Å². The van der Waals surface area contributed by atoms with E-state index in [0.717, 1.165) is 12.8 Å². The summed E-state index contributed by atoms with van der Waals surface area (Å²) >= 11 is 0. The second kappa shape index (κ2) is 2.34. The average molecular weight is 166 g/mol. The van der Waals surface area contributed by atoms with Crippen molar-refractivity contribution in [1.29, 1.82) is 0 Å².